The first-order valence-corrected chi connectivity index (χ1v) is 10.1. The van der Waals surface area contributed by atoms with Gasteiger partial charge in [-0.2, -0.15) is 0 Å². The highest BCUT2D eigenvalue weighted by atomic mass is 16.1. The van der Waals surface area contributed by atoms with Crippen LogP contribution in [0.5, 0.6) is 0 Å². The van der Waals surface area contributed by atoms with Crippen LogP contribution in [-0.4, -0.2) is 23.7 Å². The second-order valence-electron chi connectivity index (χ2n) is 10.1. The zero-order valence-electron chi connectivity index (χ0n) is 16.8. The summed E-state index contributed by atoms with van der Waals surface area (Å²) >= 11 is 0. The summed E-state index contributed by atoms with van der Waals surface area (Å²) in [5.41, 5.74) is 2.24. The van der Waals surface area contributed by atoms with Crippen LogP contribution in [0.2, 0.25) is 0 Å². The lowest BCUT2D eigenvalue weighted by Gasteiger charge is -2.39. The Morgan fingerprint density at radius 3 is 1.46 bits per heavy atom. The van der Waals surface area contributed by atoms with E-state index in [9.17, 15) is 9.59 Å². The molecule has 3 aliphatic carbocycles. The van der Waals surface area contributed by atoms with Crippen molar-refractivity contribution in [3.05, 3.63) is 23.5 Å². The fourth-order valence-electron chi connectivity index (χ4n) is 4.83. The highest BCUT2D eigenvalue weighted by molar-refractivity contribution is 5.92. The van der Waals surface area contributed by atoms with E-state index in [-0.39, 0.29) is 22.4 Å². The fraction of sp³-hybridized carbons (Fsp3) is 0.727. The van der Waals surface area contributed by atoms with Crippen LogP contribution in [0.1, 0.15) is 79.1 Å². The standard InChI is InChI=1S/C22H34N2O2/c1-21(2)11-15(9-17(25)13-21)23-19-7-5-6-8-20(19)24-16-10-18(26)14-22(3,4)12-16/h9-10,19-20,23-24H,5-8,11-14H2,1-4H3. The second kappa shape index (κ2) is 7.21. The predicted octanol–water partition coefficient (Wildman–Crippen LogP) is 4.02. The molecule has 0 bridgehead atoms. The largest absolute Gasteiger partial charge is 0.383 e. The van der Waals surface area contributed by atoms with Gasteiger partial charge in [0.15, 0.2) is 11.6 Å². The van der Waals surface area contributed by atoms with E-state index in [0.717, 1.165) is 37.1 Å². The number of hydrogen-bond acceptors (Lipinski definition) is 4. The molecule has 0 aliphatic heterocycles. The van der Waals surface area contributed by atoms with Crippen molar-refractivity contribution in [1.82, 2.24) is 10.6 Å². The Hall–Kier alpha value is -1.58. The van der Waals surface area contributed by atoms with Crippen molar-refractivity contribution >= 4 is 11.6 Å². The lowest BCUT2D eigenvalue weighted by atomic mass is 9.77. The van der Waals surface area contributed by atoms with Gasteiger partial charge in [0, 0.05) is 48.5 Å². The number of ketones is 2. The van der Waals surface area contributed by atoms with Crippen LogP contribution in [0.25, 0.3) is 0 Å². The summed E-state index contributed by atoms with van der Waals surface area (Å²) in [6.07, 6.45) is 11.4. The van der Waals surface area contributed by atoms with Gasteiger partial charge >= 0.3 is 0 Å². The van der Waals surface area contributed by atoms with Crippen LogP contribution < -0.4 is 10.6 Å². The molecule has 4 nitrogen and oxygen atoms in total. The normalized spacial score (nSPS) is 31.1. The lowest BCUT2D eigenvalue weighted by molar-refractivity contribution is -0.118. The van der Waals surface area contributed by atoms with Crippen molar-refractivity contribution in [2.45, 2.75) is 91.1 Å². The van der Waals surface area contributed by atoms with Crippen molar-refractivity contribution in [3.8, 4) is 0 Å². The molecule has 0 amide bonds. The number of hydrogen-bond donors (Lipinski definition) is 2. The average molecular weight is 359 g/mol. The molecule has 0 heterocycles. The predicted molar refractivity (Wildman–Crippen MR) is 105 cm³/mol. The van der Waals surface area contributed by atoms with Gasteiger partial charge in [-0.25, -0.2) is 0 Å². The van der Waals surface area contributed by atoms with Crippen molar-refractivity contribution in [2.24, 2.45) is 10.8 Å². The maximum Gasteiger partial charge on any atom is 0.157 e. The van der Waals surface area contributed by atoms with Gasteiger partial charge in [0.05, 0.1) is 0 Å². The summed E-state index contributed by atoms with van der Waals surface area (Å²) < 4.78 is 0. The number of allylic oxidation sites excluding steroid dienone is 4. The second-order valence-corrected chi connectivity index (χ2v) is 10.1. The van der Waals surface area contributed by atoms with Gasteiger partial charge in [0.1, 0.15) is 0 Å². The summed E-state index contributed by atoms with van der Waals surface area (Å²) in [4.78, 5) is 24.1. The molecule has 2 atom stereocenters. The molecule has 0 saturated heterocycles. The van der Waals surface area contributed by atoms with E-state index in [1.54, 1.807) is 0 Å². The van der Waals surface area contributed by atoms with Crippen molar-refractivity contribution in [1.29, 1.82) is 0 Å². The van der Waals surface area contributed by atoms with E-state index in [1.165, 1.54) is 12.8 Å². The zero-order chi connectivity index (χ0) is 18.9. The smallest absolute Gasteiger partial charge is 0.157 e. The van der Waals surface area contributed by atoms with E-state index in [2.05, 4.69) is 38.3 Å². The monoisotopic (exact) mass is 358 g/mol. The van der Waals surface area contributed by atoms with Gasteiger partial charge in [-0.3, -0.25) is 9.59 Å². The summed E-state index contributed by atoms with van der Waals surface area (Å²) in [5.74, 6) is 0.456. The number of rotatable bonds is 4. The third-order valence-corrected chi connectivity index (χ3v) is 5.82. The first-order valence-electron chi connectivity index (χ1n) is 10.1. The molecule has 2 N–H and O–H groups in total. The Morgan fingerprint density at radius 1 is 0.731 bits per heavy atom. The molecule has 144 valence electrons. The molecule has 0 aromatic rings. The Kier molecular flexibility index (Phi) is 5.32. The first-order chi connectivity index (χ1) is 12.1. The van der Waals surface area contributed by atoms with E-state index in [4.69, 9.17) is 0 Å². The first kappa shape index (κ1) is 19.2. The summed E-state index contributed by atoms with van der Waals surface area (Å²) in [5, 5.41) is 7.36. The third-order valence-electron chi connectivity index (χ3n) is 5.82. The van der Waals surface area contributed by atoms with Crippen LogP contribution >= 0.6 is 0 Å². The van der Waals surface area contributed by atoms with Gasteiger partial charge in [-0.15, -0.1) is 0 Å². The Bertz CT molecular complexity index is 587. The Balaban J connectivity index is 1.69. The molecule has 1 saturated carbocycles. The highest BCUT2D eigenvalue weighted by Crippen LogP contribution is 2.35. The van der Waals surface area contributed by atoms with Crippen LogP contribution in [0.15, 0.2) is 23.5 Å². The van der Waals surface area contributed by atoms with Crippen LogP contribution in [-0.2, 0) is 9.59 Å². The van der Waals surface area contributed by atoms with Crippen LogP contribution in [0.4, 0.5) is 0 Å². The minimum atomic E-state index is 0.0358. The molecule has 0 aromatic carbocycles. The van der Waals surface area contributed by atoms with Gasteiger partial charge in [0.25, 0.3) is 0 Å². The highest BCUT2D eigenvalue weighted by Gasteiger charge is 2.33. The molecule has 1 fully saturated rings. The van der Waals surface area contributed by atoms with E-state index in [0.29, 0.717) is 24.9 Å². The molecular weight excluding hydrogens is 324 g/mol. The van der Waals surface area contributed by atoms with Crippen molar-refractivity contribution < 1.29 is 9.59 Å². The third kappa shape index (κ3) is 4.99. The molecule has 3 rings (SSSR count). The summed E-state index contributed by atoms with van der Waals surface area (Å²) in [7, 11) is 0. The van der Waals surface area contributed by atoms with E-state index >= 15 is 0 Å². The average Bonchev–Trinajstić information content (AvgIpc) is 2.45. The molecule has 0 radical (unpaired) electrons. The van der Waals surface area contributed by atoms with Crippen LogP contribution in [0, 0.1) is 10.8 Å². The van der Waals surface area contributed by atoms with E-state index in [1.807, 2.05) is 12.2 Å². The lowest BCUT2D eigenvalue weighted by Crippen LogP contribution is -2.50. The number of nitrogens with one attached hydrogen (secondary N) is 2. The van der Waals surface area contributed by atoms with Gasteiger partial charge in [-0.1, -0.05) is 40.5 Å². The van der Waals surface area contributed by atoms with Gasteiger partial charge in [-0.05, 0) is 36.5 Å². The van der Waals surface area contributed by atoms with Gasteiger partial charge in [0.2, 0.25) is 0 Å². The molecule has 26 heavy (non-hydrogen) atoms. The molecule has 0 spiro atoms. The molecule has 2 unspecified atom stereocenters. The SMILES string of the molecule is CC1(C)CC(=O)C=C(NC2CCCCC2NC2=CC(=O)CC(C)(C)C2)C1. The minimum Gasteiger partial charge on any atom is -0.383 e. The molecule has 0 aromatic heterocycles. The topological polar surface area (TPSA) is 58.2 Å². The quantitative estimate of drug-likeness (QED) is 0.797. The van der Waals surface area contributed by atoms with Gasteiger partial charge < -0.3 is 10.6 Å². The maximum absolute atomic E-state index is 12.1. The maximum atomic E-state index is 12.1. The van der Waals surface area contributed by atoms with E-state index < -0.39 is 0 Å². The van der Waals surface area contributed by atoms with Crippen molar-refractivity contribution in [2.75, 3.05) is 0 Å². The molecule has 3 aliphatic rings. The number of carbonyl (C=O) groups is 2. The summed E-state index contributed by atoms with van der Waals surface area (Å²) in [6, 6.07) is 0.635. The summed E-state index contributed by atoms with van der Waals surface area (Å²) in [6.45, 7) is 8.65. The zero-order valence-corrected chi connectivity index (χ0v) is 16.8. The van der Waals surface area contributed by atoms with Crippen LogP contribution in [0.3, 0.4) is 0 Å². The molecule has 4 heteroatoms. The fourth-order valence-corrected chi connectivity index (χ4v) is 4.83. The minimum absolute atomic E-state index is 0.0358. The number of carbonyl (C=O) groups excluding carboxylic acids is 2. The van der Waals surface area contributed by atoms with Crippen molar-refractivity contribution in [3.63, 3.8) is 0 Å². The Labute approximate surface area is 157 Å². The molecular formula is C22H34N2O2. The Morgan fingerprint density at radius 2 is 1.12 bits per heavy atom.